The lowest BCUT2D eigenvalue weighted by Gasteiger charge is -2.27. The quantitative estimate of drug-likeness (QED) is 0.632. The summed E-state index contributed by atoms with van der Waals surface area (Å²) in [5.41, 5.74) is 1.11. The summed E-state index contributed by atoms with van der Waals surface area (Å²) in [4.78, 5) is 26.9. The van der Waals surface area contributed by atoms with Gasteiger partial charge in [0, 0.05) is 10.7 Å². The highest BCUT2D eigenvalue weighted by molar-refractivity contribution is 6.31. The number of methoxy groups -OCH3 is 1. The molecule has 0 spiro atoms. The standard InChI is InChI=1S/C21H22ClNO5/c1-26-19-10-9-15(22)12-18(19)21(25)28-14-20(24)23(13-17-8-5-11-27-17)16-6-3-2-4-7-16/h5-6,8-12H,2-4,7,13-14H2,1H3. The van der Waals surface area contributed by atoms with E-state index in [0.29, 0.717) is 23.1 Å². The van der Waals surface area contributed by atoms with Gasteiger partial charge in [-0.2, -0.15) is 0 Å². The Morgan fingerprint density at radius 2 is 2.11 bits per heavy atom. The molecule has 0 unspecified atom stereocenters. The molecule has 1 heterocycles. The minimum Gasteiger partial charge on any atom is -0.496 e. The summed E-state index contributed by atoms with van der Waals surface area (Å²) in [7, 11) is 1.45. The number of benzene rings is 1. The maximum absolute atomic E-state index is 12.8. The van der Waals surface area contributed by atoms with Crippen molar-refractivity contribution in [2.24, 2.45) is 0 Å². The SMILES string of the molecule is COc1ccc(Cl)cc1C(=O)OCC(=O)N(Cc1ccco1)C1=CCCCC1. The van der Waals surface area contributed by atoms with Crippen molar-refractivity contribution in [3.05, 3.63) is 64.7 Å². The van der Waals surface area contributed by atoms with Crippen LogP contribution < -0.4 is 4.74 Å². The number of hydrogen-bond donors (Lipinski definition) is 0. The zero-order valence-corrected chi connectivity index (χ0v) is 16.4. The number of carbonyl (C=O) groups excluding carboxylic acids is 2. The first-order valence-electron chi connectivity index (χ1n) is 9.11. The van der Waals surface area contributed by atoms with Crippen LogP contribution in [0.15, 0.2) is 52.8 Å². The van der Waals surface area contributed by atoms with Gasteiger partial charge >= 0.3 is 5.97 Å². The number of halogens is 1. The van der Waals surface area contributed by atoms with E-state index in [9.17, 15) is 9.59 Å². The van der Waals surface area contributed by atoms with E-state index in [0.717, 1.165) is 31.4 Å². The Balaban J connectivity index is 1.70. The van der Waals surface area contributed by atoms with Crippen LogP contribution in [0.25, 0.3) is 0 Å². The Morgan fingerprint density at radius 3 is 2.79 bits per heavy atom. The van der Waals surface area contributed by atoms with Crippen molar-refractivity contribution >= 4 is 23.5 Å². The van der Waals surface area contributed by atoms with Gasteiger partial charge in [-0.05, 0) is 56.0 Å². The van der Waals surface area contributed by atoms with Crippen LogP contribution in [0.1, 0.15) is 41.8 Å². The number of nitrogens with zero attached hydrogens (tertiary/aromatic N) is 1. The molecule has 3 rings (SSSR count). The summed E-state index contributed by atoms with van der Waals surface area (Å²) in [6.45, 7) is -0.0811. The van der Waals surface area contributed by atoms with Crippen LogP contribution in [0.4, 0.5) is 0 Å². The summed E-state index contributed by atoms with van der Waals surface area (Å²) in [5, 5.41) is 0.380. The Kier molecular flexibility index (Phi) is 6.76. The van der Waals surface area contributed by atoms with Crippen molar-refractivity contribution in [2.75, 3.05) is 13.7 Å². The third-order valence-electron chi connectivity index (χ3n) is 4.52. The molecule has 0 radical (unpaired) electrons. The second-order valence-corrected chi connectivity index (χ2v) is 6.86. The van der Waals surface area contributed by atoms with Gasteiger partial charge in [-0.1, -0.05) is 17.7 Å². The molecule has 1 aliphatic carbocycles. The van der Waals surface area contributed by atoms with Gasteiger partial charge in [0.15, 0.2) is 6.61 Å². The van der Waals surface area contributed by atoms with E-state index < -0.39 is 5.97 Å². The molecule has 1 amide bonds. The van der Waals surface area contributed by atoms with Gasteiger partial charge in [0.25, 0.3) is 5.91 Å². The molecule has 1 aromatic heterocycles. The number of amides is 1. The van der Waals surface area contributed by atoms with Crippen LogP contribution in [0, 0.1) is 0 Å². The molecule has 2 aromatic rings. The minimum absolute atomic E-state index is 0.178. The summed E-state index contributed by atoms with van der Waals surface area (Å²) in [5.74, 6) is 0.0362. The van der Waals surface area contributed by atoms with Gasteiger partial charge in [-0.3, -0.25) is 4.79 Å². The molecule has 0 bridgehead atoms. The number of ether oxygens (including phenoxy) is 2. The van der Waals surface area contributed by atoms with Gasteiger partial charge in [-0.25, -0.2) is 4.79 Å². The zero-order chi connectivity index (χ0) is 19.9. The number of allylic oxidation sites excluding steroid dienone is 2. The number of hydrogen-bond acceptors (Lipinski definition) is 5. The highest BCUT2D eigenvalue weighted by Crippen LogP contribution is 2.25. The first kappa shape index (κ1) is 20.0. The molecule has 6 nitrogen and oxygen atoms in total. The van der Waals surface area contributed by atoms with Crippen LogP contribution in [0.3, 0.4) is 0 Å². The van der Waals surface area contributed by atoms with Gasteiger partial charge in [0.1, 0.15) is 17.1 Å². The fourth-order valence-corrected chi connectivity index (χ4v) is 3.27. The normalized spacial score (nSPS) is 13.6. The molecular formula is C21H22ClNO5. The number of furan rings is 1. The molecule has 0 fully saturated rings. The van der Waals surface area contributed by atoms with E-state index in [1.54, 1.807) is 29.4 Å². The monoisotopic (exact) mass is 403 g/mol. The predicted molar refractivity (Wildman–Crippen MR) is 104 cm³/mol. The van der Waals surface area contributed by atoms with Gasteiger partial charge in [0.05, 0.1) is 19.9 Å². The van der Waals surface area contributed by atoms with Gasteiger partial charge < -0.3 is 18.8 Å². The van der Waals surface area contributed by atoms with Crippen molar-refractivity contribution in [3.8, 4) is 5.75 Å². The second kappa shape index (κ2) is 9.46. The Hall–Kier alpha value is -2.73. The lowest BCUT2D eigenvalue weighted by molar-refractivity contribution is -0.133. The van der Waals surface area contributed by atoms with E-state index in [1.807, 2.05) is 6.07 Å². The lowest BCUT2D eigenvalue weighted by Crippen LogP contribution is -2.34. The number of carbonyl (C=O) groups is 2. The molecule has 0 aliphatic heterocycles. The summed E-state index contributed by atoms with van der Waals surface area (Å²) >= 11 is 5.96. The highest BCUT2D eigenvalue weighted by Gasteiger charge is 2.23. The smallest absolute Gasteiger partial charge is 0.342 e. The highest BCUT2D eigenvalue weighted by atomic mass is 35.5. The van der Waals surface area contributed by atoms with Gasteiger partial charge in [-0.15, -0.1) is 0 Å². The predicted octanol–water partition coefficient (Wildman–Crippen LogP) is 4.59. The second-order valence-electron chi connectivity index (χ2n) is 6.42. The molecule has 0 saturated carbocycles. The average molecular weight is 404 g/mol. The van der Waals surface area contributed by atoms with E-state index >= 15 is 0 Å². The maximum Gasteiger partial charge on any atom is 0.342 e. The summed E-state index contributed by atoms with van der Waals surface area (Å²) in [6.07, 6.45) is 7.49. The van der Waals surface area contributed by atoms with E-state index in [-0.39, 0.29) is 18.1 Å². The van der Waals surface area contributed by atoms with Crippen LogP contribution in [-0.4, -0.2) is 30.5 Å². The van der Waals surface area contributed by atoms with E-state index in [4.69, 9.17) is 25.5 Å². The Morgan fingerprint density at radius 1 is 1.25 bits per heavy atom. The van der Waals surface area contributed by atoms with Gasteiger partial charge in [0.2, 0.25) is 0 Å². The fourth-order valence-electron chi connectivity index (χ4n) is 3.10. The minimum atomic E-state index is -0.664. The van der Waals surface area contributed by atoms with Crippen LogP contribution in [0.2, 0.25) is 5.02 Å². The molecule has 28 heavy (non-hydrogen) atoms. The molecule has 148 valence electrons. The molecule has 0 N–H and O–H groups in total. The largest absolute Gasteiger partial charge is 0.496 e. The van der Waals surface area contributed by atoms with Crippen molar-refractivity contribution in [2.45, 2.75) is 32.2 Å². The average Bonchev–Trinajstić information content (AvgIpc) is 3.24. The molecular weight excluding hydrogens is 382 g/mol. The maximum atomic E-state index is 12.8. The van der Waals surface area contributed by atoms with Crippen LogP contribution in [0.5, 0.6) is 5.75 Å². The molecule has 1 aromatic carbocycles. The van der Waals surface area contributed by atoms with Crippen molar-refractivity contribution in [1.82, 2.24) is 4.90 Å². The fraction of sp³-hybridized carbons (Fsp3) is 0.333. The summed E-state index contributed by atoms with van der Waals surface area (Å²) in [6, 6.07) is 8.24. The third kappa shape index (κ3) is 4.95. The molecule has 0 saturated heterocycles. The first-order valence-corrected chi connectivity index (χ1v) is 9.48. The first-order chi connectivity index (χ1) is 13.6. The topological polar surface area (TPSA) is 69.0 Å². The number of rotatable bonds is 7. The number of esters is 1. The third-order valence-corrected chi connectivity index (χ3v) is 4.75. The molecule has 1 aliphatic rings. The van der Waals surface area contributed by atoms with Crippen molar-refractivity contribution in [3.63, 3.8) is 0 Å². The summed E-state index contributed by atoms with van der Waals surface area (Å²) < 4.78 is 15.8. The molecule has 0 atom stereocenters. The van der Waals surface area contributed by atoms with Crippen LogP contribution in [-0.2, 0) is 16.1 Å². The van der Waals surface area contributed by atoms with E-state index in [1.165, 1.54) is 13.2 Å². The van der Waals surface area contributed by atoms with Crippen LogP contribution >= 0.6 is 11.6 Å². The Bertz CT molecular complexity index is 860. The van der Waals surface area contributed by atoms with E-state index in [2.05, 4.69) is 6.08 Å². The van der Waals surface area contributed by atoms with Crippen molar-refractivity contribution in [1.29, 1.82) is 0 Å². The zero-order valence-electron chi connectivity index (χ0n) is 15.7. The van der Waals surface area contributed by atoms with Crippen molar-refractivity contribution < 1.29 is 23.5 Å². The molecule has 7 heteroatoms. The Labute approximate surface area is 168 Å². The lowest BCUT2D eigenvalue weighted by atomic mass is 10.0.